The van der Waals surface area contributed by atoms with Gasteiger partial charge in [0.25, 0.3) is 0 Å². The van der Waals surface area contributed by atoms with E-state index in [4.69, 9.17) is 5.84 Å². The molecule has 1 aliphatic rings. The first kappa shape index (κ1) is 11.9. The molecular weight excluding hydrogens is 196 g/mol. The monoisotopic (exact) mass is 214 g/mol. The Morgan fingerprint density at radius 1 is 1.53 bits per heavy atom. The molecule has 1 saturated heterocycles. The maximum absolute atomic E-state index is 11.6. The second-order valence-corrected chi connectivity index (χ2v) is 4.03. The summed E-state index contributed by atoms with van der Waals surface area (Å²) in [5.41, 5.74) is 1.87. The van der Waals surface area contributed by atoms with E-state index in [1.807, 2.05) is 24.4 Å². The minimum atomic E-state index is -0.736. The van der Waals surface area contributed by atoms with Crippen molar-refractivity contribution in [2.75, 3.05) is 27.2 Å². The van der Waals surface area contributed by atoms with E-state index in [2.05, 4.69) is 0 Å². The van der Waals surface area contributed by atoms with Gasteiger partial charge < -0.3 is 9.80 Å². The zero-order chi connectivity index (χ0) is 11.4. The molecular formula is C9H18N4O2. The van der Waals surface area contributed by atoms with E-state index in [1.54, 1.807) is 4.90 Å². The normalized spacial score (nSPS) is 20.8. The van der Waals surface area contributed by atoms with Crippen molar-refractivity contribution >= 4 is 11.8 Å². The van der Waals surface area contributed by atoms with Crippen molar-refractivity contribution in [1.82, 2.24) is 15.2 Å². The first-order chi connectivity index (χ1) is 7.06. The van der Waals surface area contributed by atoms with Crippen LogP contribution in [0.3, 0.4) is 0 Å². The lowest BCUT2D eigenvalue weighted by molar-refractivity contribution is -0.146. The third kappa shape index (κ3) is 2.90. The zero-order valence-corrected chi connectivity index (χ0v) is 9.19. The first-order valence-corrected chi connectivity index (χ1v) is 5.02. The topological polar surface area (TPSA) is 78.7 Å². The fraction of sp³-hybridized carbons (Fsp3) is 0.778. The highest BCUT2D eigenvalue weighted by Crippen LogP contribution is 2.17. The quantitative estimate of drug-likeness (QED) is 0.254. The maximum Gasteiger partial charge on any atom is 0.323 e. The summed E-state index contributed by atoms with van der Waals surface area (Å²) in [4.78, 5) is 26.3. The van der Waals surface area contributed by atoms with Crippen molar-refractivity contribution in [3.63, 3.8) is 0 Å². The predicted octanol–water partition coefficient (Wildman–Crippen LogP) is -1.47. The molecule has 1 heterocycles. The van der Waals surface area contributed by atoms with E-state index >= 15 is 0 Å². The fourth-order valence-corrected chi connectivity index (χ4v) is 1.91. The molecule has 1 fully saturated rings. The van der Waals surface area contributed by atoms with Crippen LogP contribution in [0, 0.1) is 0 Å². The van der Waals surface area contributed by atoms with Crippen molar-refractivity contribution in [3.8, 4) is 0 Å². The number of nitrogens with one attached hydrogen (secondary N) is 1. The van der Waals surface area contributed by atoms with Gasteiger partial charge in [0.05, 0.1) is 0 Å². The Kier molecular flexibility index (Phi) is 4.05. The Bertz CT molecular complexity index is 254. The van der Waals surface area contributed by atoms with Crippen LogP contribution in [0.1, 0.15) is 12.8 Å². The summed E-state index contributed by atoms with van der Waals surface area (Å²) in [5, 5.41) is 0. The molecule has 0 aromatic heterocycles. The molecule has 1 rings (SSSR count). The third-order valence-electron chi connectivity index (χ3n) is 2.54. The molecule has 0 saturated carbocycles. The van der Waals surface area contributed by atoms with Gasteiger partial charge in [0.2, 0.25) is 0 Å². The Morgan fingerprint density at radius 2 is 2.20 bits per heavy atom. The lowest BCUT2D eigenvalue weighted by Crippen LogP contribution is -2.49. The summed E-state index contributed by atoms with van der Waals surface area (Å²) in [6, 6.07) is 0.129. The molecule has 1 unspecified atom stereocenters. The first-order valence-electron chi connectivity index (χ1n) is 5.02. The van der Waals surface area contributed by atoms with E-state index in [0.717, 1.165) is 19.4 Å². The van der Waals surface area contributed by atoms with Crippen molar-refractivity contribution in [3.05, 3.63) is 0 Å². The number of carbonyl (C=O) groups is 2. The SMILES string of the molecule is CN(C)CC1CCCN1C(=O)C(=O)NN. The van der Waals surface area contributed by atoms with E-state index in [-0.39, 0.29) is 6.04 Å². The van der Waals surface area contributed by atoms with Crippen LogP contribution in [-0.2, 0) is 9.59 Å². The summed E-state index contributed by atoms with van der Waals surface area (Å²) < 4.78 is 0. The average molecular weight is 214 g/mol. The highest BCUT2D eigenvalue weighted by Gasteiger charge is 2.32. The van der Waals surface area contributed by atoms with Crippen LogP contribution >= 0.6 is 0 Å². The van der Waals surface area contributed by atoms with Gasteiger partial charge in [-0.2, -0.15) is 0 Å². The number of carbonyl (C=O) groups excluding carboxylic acids is 2. The lowest BCUT2D eigenvalue weighted by atomic mass is 10.2. The molecule has 15 heavy (non-hydrogen) atoms. The lowest BCUT2D eigenvalue weighted by Gasteiger charge is -2.26. The summed E-state index contributed by atoms with van der Waals surface area (Å²) in [5.74, 6) is 3.67. The van der Waals surface area contributed by atoms with Gasteiger partial charge in [0, 0.05) is 19.1 Å². The highest BCUT2D eigenvalue weighted by atomic mass is 16.2. The fourth-order valence-electron chi connectivity index (χ4n) is 1.91. The Balaban J connectivity index is 2.59. The number of amides is 2. The van der Waals surface area contributed by atoms with Crippen LogP contribution in [0.2, 0.25) is 0 Å². The molecule has 0 aromatic carbocycles. The second-order valence-electron chi connectivity index (χ2n) is 4.03. The van der Waals surface area contributed by atoms with Crippen molar-refractivity contribution < 1.29 is 9.59 Å². The second kappa shape index (κ2) is 5.09. The smallest absolute Gasteiger partial charge is 0.323 e. The number of rotatable bonds is 2. The van der Waals surface area contributed by atoms with Gasteiger partial charge in [-0.15, -0.1) is 0 Å². The molecule has 2 amide bonds. The molecule has 0 radical (unpaired) electrons. The minimum absolute atomic E-state index is 0.129. The molecule has 1 atom stereocenters. The molecule has 86 valence electrons. The van der Waals surface area contributed by atoms with Crippen molar-refractivity contribution in [2.45, 2.75) is 18.9 Å². The molecule has 0 aliphatic carbocycles. The maximum atomic E-state index is 11.6. The van der Waals surface area contributed by atoms with E-state index < -0.39 is 11.8 Å². The van der Waals surface area contributed by atoms with Crippen LogP contribution < -0.4 is 11.3 Å². The number of hydrazine groups is 1. The van der Waals surface area contributed by atoms with E-state index in [0.29, 0.717) is 6.54 Å². The summed E-state index contributed by atoms with van der Waals surface area (Å²) in [7, 11) is 3.90. The Morgan fingerprint density at radius 3 is 2.73 bits per heavy atom. The molecule has 0 aromatic rings. The molecule has 6 heteroatoms. The largest absolute Gasteiger partial charge is 0.330 e. The van der Waals surface area contributed by atoms with E-state index in [9.17, 15) is 9.59 Å². The van der Waals surface area contributed by atoms with Gasteiger partial charge in [-0.25, -0.2) is 5.84 Å². The van der Waals surface area contributed by atoms with Crippen LogP contribution in [0.5, 0.6) is 0 Å². The summed E-state index contributed by atoms with van der Waals surface area (Å²) in [6.07, 6.45) is 1.89. The number of likely N-dealkylation sites (tertiary alicyclic amines) is 1. The minimum Gasteiger partial charge on any atom is -0.330 e. The van der Waals surface area contributed by atoms with Gasteiger partial charge in [-0.05, 0) is 26.9 Å². The van der Waals surface area contributed by atoms with Crippen molar-refractivity contribution in [2.24, 2.45) is 5.84 Å². The van der Waals surface area contributed by atoms with Crippen LogP contribution in [0.25, 0.3) is 0 Å². The van der Waals surface area contributed by atoms with E-state index in [1.165, 1.54) is 0 Å². The van der Waals surface area contributed by atoms with Gasteiger partial charge in [-0.3, -0.25) is 15.0 Å². The number of likely N-dealkylation sites (N-methyl/N-ethyl adjacent to an activating group) is 1. The number of hydrogen-bond donors (Lipinski definition) is 2. The van der Waals surface area contributed by atoms with Gasteiger partial charge in [0.1, 0.15) is 0 Å². The Hall–Kier alpha value is -1.14. The third-order valence-corrected chi connectivity index (χ3v) is 2.54. The molecule has 0 bridgehead atoms. The van der Waals surface area contributed by atoms with Crippen LogP contribution in [0.4, 0.5) is 0 Å². The predicted molar refractivity (Wildman–Crippen MR) is 55.6 cm³/mol. The Labute approximate surface area is 89.4 Å². The van der Waals surface area contributed by atoms with Gasteiger partial charge in [0.15, 0.2) is 0 Å². The molecule has 1 aliphatic heterocycles. The summed E-state index contributed by atoms with van der Waals surface area (Å²) in [6.45, 7) is 1.42. The van der Waals surface area contributed by atoms with Gasteiger partial charge >= 0.3 is 11.8 Å². The number of hydrogen-bond acceptors (Lipinski definition) is 4. The molecule has 6 nitrogen and oxygen atoms in total. The van der Waals surface area contributed by atoms with Crippen LogP contribution in [0.15, 0.2) is 0 Å². The number of nitrogens with zero attached hydrogens (tertiary/aromatic N) is 2. The average Bonchev–Trinajstić information content (AvgIpc) is 2.62. The highest BCUT2D eigenvalue weighted by molar-refractivity contribution is 6.34. The summed E-state index contributed by atoms with van der Waals surface area (Å²) >= 11 is 0. The van der Waals surface area contributed by atoms with Crippen LogP contribution in [-0.4, -0.2) is 54.8 Å². The van der Waals surface area contributed by atoms with Crippen molar-refractivity contribution in [1.29, 1.82) is 0 Å². The molecule has 0 spiro atoms. The van der Waals surface area contributed by atoms with Gasteiger partial charge in [-0.1, -0.05) is 0 Å². The molecule has 3 N–H and O–H groups in total. The zero-order valence-electron chi connectivity index (χ0n) is 9.19. The number of nitrogens with two attached hydrogens (primary N) is 1. The standard InChI is InChI=1S/C9H18N4O2/c1-12(2)6-7-4-3-5-13(7)9(15)8(14)11-10/h7H,3-6,10H2,1-2H3,(H,11,14).